The number of rotatable bonds is 8. The van der Waals surface area contributed by atoms with Gasteiger partial charge >= 0.3 is 5.97 Å². The van der Waals surface area contributed by atoms with E-state index in [1.54, 1.807) is 20.3 Å². The van der Waals surface area contributed by atoms with Crippen molar-refractivity contribution in [2.45, 2.75) is 25.3 Å². The molecule has 1 heterocycles. The summed E-state index contributed by atoms with van der Waals surface area (Å²) < 4.78 is 10.7. The SMILES string of the molecule is COc1ccc([C@H]2CC(c3ccc(N(C)C)cc3)=NN2C(=O)CCC(=O)O)cc1OC. The van der Waals surface area contributed by atoms with Crippen LogP contribution in [0.2, 0.25) is 0 Å². The van der Waals surface area contributed by atoms with E-state index in [0.29, 0.717) is 17.9 Å². The van der Waals surface area contributed by atoms with Gasteiger partial charge in [0.05, 0.1) is 32.4 Å². The Labute approximate surface area is 181 Å². The average molecular weight is 425 g/mol. The summed E-state index contributed by atoms with van der Waals surface area (Å²) in [6, 6.07) is 13.1. The van der Waals surface area contributed by atoms with E-state index in [2.05, 4.69) is 5.10 Å². The van der Waals surface area contributed by atoms with Crippen molar-refractivity contribution >= 4 is 23.3 Å². The summed E-state index contributed by atoms with van der Waals surface area (Å²) in [7, 11) is 7.06. The van der Waals surface area contributed by atoms with Gasteiger partial charge in [-0.15, -0.1) is 0 Å². The zero-order valence-electron chi connectivity index (χ0n) is 18.2. The highest BCUT2D eigenvalue weighted by molar-refractivity contribution is 6.03. The first-order chi connectivity index (χ1) is 14.8. The molecule has 8 heteroatoms. The molecule has 2 aromatic rings. The summed E-state index contributed by atoms with van der Waals surface area (Å²) >= 11 is 0. The van der Waals surface area contributed by atoms with Crippen molar-refractivity contribution in [2.75, 3.05) is 33.2 Å². The second kappa shape index (κ2) is 9.51. The molecule has 1 atom stereocenters. The van der Waals surface area contributed by atoms with Crippen LogP contribution in [0.3, 0.4) is 0 Å². The largest absolute Gasteiger partial charge is 0.493 e. The Kier molecular flexibility index (Phi) is 6.79. The average Bonchev–Trinajstić information content (AvgIpc) is 3.22. The molecule has 2 aromatic carbocycles. The van der Waals surface area contributed by atoms with Crippen LogP contribution in [0.15, 0.2) is 47.6 Å². The molecule has 0 unspecified atom stereocenters. The van der Waals surface area contributed by atoms with E-state index in [1.807, 2.05) is 55.4 Å². The molecular weight excluding hydrogens is 398 g/mol. The third kappa shape index (κ3) is 4.96. The van der Waals surface area contributed by atoms with Crippen molar-refractivity contribution in [3.63, 3.8) is 0 Å². The first kappa shape index (κ1) is 22.1. The Morgan fingerprint density at radius 3 is 2.32 bits per heavy atom. The molecule has 164 valence electrons. The molecule has 0 aliphatic carbocycles. The number of benzene rings is 2. The molecule has 1 amide bonds. The molecule has 0 radical (unpaired) electrons. The minimum absolute atomic E-state index is 0.116. The molecule has 0 saturated heterocycles. The molecule has 8 nitrogen and oxygen atoms in total. The molecule has 3 rings (SSSR count). The number of hydrogen-bond acceptors (Lipinski definition) is 6. The van der Waals surface area contributed by atoms with E-state index in [0.717, 1.165) is 22.5 Å². The second-order valence-electron chi connectivity index (χ2n) is 7.45. The molecule has 0 bridgehead atoms. The number of anilines is 1. The lowest BCUT2D eigenvalue weighted by atomic mass is 9.97. The highest BCUT2D eigenvalue weighted by Crippen LogP contribution is 2.37. The van der Waals surface area contributed by atoms with Gasteiger partial charge in [-0.25, -0.2) is 5.01 Å². The minimum Gasteiger partial charge on any atom is -0.493 e. The van der Waals surface area contributed by atoms with Crippen LogP contribution in [0.5, 0.6) is 11.5 Å². The lowest BCUT2D eigenvalue weighted by Gasteiger charge is -2.22. The molecular formula is C23H27N3O5. The van der Waals surface area contributed by atoms with Crippen LogP contribution in [-0.2, 0) is 9.59 Å². The van der Waals surface area contributed by atoms with Crippen LogP contribution in [0.25, 0.3) is 0 Å². The van der Waals surface area contributed by atoms with E-state index in [4.69, 9.17) is 14.6 Å². The lowest BCUT2D eigenvalue weighted by Crippen LogP contribution is -2.27. The number of carbonyl (C=O) groups is 2. The van der Waals surface area contributed by atoms with Gasteiger partial charge in [-0.3, -0.25) is 9.59 Å². The Morgan fingerprint density at radius 2 is 1.74 bits per heavy atom. The van der Waals surface area contributed by atoms with Gasteiger partial charge in [0.15, 0.2) is 11.5 Å². The van der Waals surface area contributed by atoms with Gasteiger partial charge in [-0.05, 0) is 35.4 Å². The number of nitrogens with zero attached hydrogens (tertiary/aromatic N) is 3. The third-order valence-electron chi connectivity index (χ3n) is 5.23. The van der Waals surface area contributed by atoms with Gasteiger partial charge in [0.2, 0.25) is 5.91 Å². The maximum Gasteiger partial charge on any atom is 0.303 e. The molecule has 31 heavy (non-hydrogen) atoms. The topological polar surface area (TPSA) is 91.7 Å². The molecule has 1 aliphatic rings. The summed E-state index contributed by atoms with van der Waals surface area (Å²) in [6.07, 6.45) is 0.154. The first-order valence-electron chi connectivity index (χ1n) is 9.95. The number of carboxylic acids is 1. The Hall–Kier alpha value is -3.55. The molecule has 0 fully saturated rings. The molecule has 0 spiro atoms. The Balaban J connectivity index is 1.94. The quantitative estimate of drug-likeness (QED) is 0.698. The lowest BCUT2D eigenvalue weighted by molar-refractivity contribution is -0.141. The van der Waals surface area contributed by atoms with Crippen LogP contribution in [0.4, 0.5) is 5.69 Å². The normalized spacial score (nSPS) is 15.4. The summed E-state index contributed by atoms with van der Waals surface area (Å²) in [5.41, 5.74) is 3.59. The van der Waals surface area contributed by atoms with E-state index in [-0.39, 0.29) is 24.8 Å². The fraction of sp³-hybridized carbons (Fsp3) is 0.348. The van der Waals surface area contributed by atoms with E-state index in [9.17, 15) is 9.59 Å². The fourth-order valence-corrected chi connectivity index (χ4v) is 3.51. The van der Waals surface area contributed by atoms with E-state index < -0.39 is 5.97 Å². The van der Waals surface area contributed by atoms with Crippen molar-refractivity contribution in [1.82, 2.24) is 5.01 Å². The number of hydrazone groups is 1. The Morgan fingerprint density at radius 1 is 1.06 bits per heavy atom. The van der Waals surface area contributed by atoms with Crippen LogP contribution in [0, 0.1) is 0 Å². The number of ether oxygens (including phenoxy) is 2. The van der Waals surface area contributed by atoms with Gasteiger partial charge in [0, 0.05) is 32.6 Å². The van der Waals surface area contributed by atoms with Crippen LogP contribution >= 0.6 is 0 Å². The van der Waals surface area contributed by atoms with Crippen molar-refractivity contribution in [1.29, 1.82) is 0 Å². The van der Waals surface area contributed by atoms with Crippen LogP contribution in [-0.4, -0.2) is 56.0 Å². The fourth-order valence-electron chi connectivity index (χ4n) is 3.51. The predicted octanol–water partition coefficient (Wildman–Crippen LogP) is 3.31. The van der Waals surface area contributed by atoms with Crippen molar-refractivity contribution in [3.05, 3.63) is 53.6 Å². The minimum atomic E-state index is -1.02. The number of carboxylic acid groups (broad SMARTS) is 1. The summed E-state index contributed by atoms with van der Waals surface area (Å²) in [6.45, 7) is 0. The smallest absolute Gasteiger partial charge is 0.303 e. The highest BCUT2D eigenvalue weighted by Gasteiger charge is 2.33. The predicted molar refractivity (Wildman–Crippen MR) is 118 cm³/mol. The monoisotopic (exact) mass is 425 g/mol. The summed E-state index contributed by atoms with van der Waals surface area (Å²) in [5, 5.41) is 15.0. The van der Waals surface area contributed by atoms with Crippen molar-refractivity contribution in [3.8, 4) is 11.5 Å². The maximum atomic E-state index is 12.8. The number of amides is 1. The van der Waals surface area contributed by atoms with E-state index >= 15 is 0 Å². The molecule has 0 aromatic heterocycles. The van der Waals surface area contributed by atoms with Gasteiger partial charge in [-0.2, -0.15) is 5.10 Å². The maximum absolute atomic E-state index is 12.8. The molecule has 0 saturated carbocycles. The van der Waals surface area contributed by atoms with Crippen molar-refractivity contribution in [2.24, 2.45) is 5.10 Å². The zero-order chi connectivity index (χ0) is 22.5. The van der Waals surface area contributed by atoms with Gasteiger partial charge in [-0.1, -0.05) is 18.2 Å². The van der Waals surface area contributed by atoms with Crippen molar-refractivity contribution < 1.29 is 24.2 Å². The number of aliphatic carboxylic acids is 1. The number of hydrogen-bond donors (Lipinski definition) is 1. The van der Waals surface area contributed by atoms with Gasteiger partial charge in [0.1, 0.15) is 0 Å². The first-order valence-corrected chi connectivity index (χ1v) is 9.95. The van der Waals surface area contributed by atoms with Crippen LogP contribution in [0.1, 0.15) is 36.4 Å². The summed E-state index contributed by atoms with van der Waals surface area (Å²) in [4.78, 5) is 25.8. The highest BCUT2D eigenvalue weighted by atomic mass is 16.5. The van der Waals surface area contributed by atoms with E-state index in [1.165, 1.54) is 5.01 Å². The standard InChI is InChI=1S/C23H27N3O5/c1-25(2)17-8-5-15(6-9-17)18-14-19(26(24-18)22(27)11-12-23(28)29)16-7-10-20(30-3)21(13-16)31-4/h5-10,13,19H,11-12,14H2,1-4H3,(H,28,29)/t19-/m1/s1. The van der Waals surface area contributed by atoms with Crippen LogP contribution < -0.4 is 14.4 Å². The van der Waals surface area contributed by atoms with Gasteiger partial charge < -0.3 is 19.5 Å². The second-order valence-corrected chi connectivity index (χ2v) is 7.45. The molecule has 1 aliphatic heterocycles. The molecule has 1 N–H and O–H groups in total. The number of carbonyl (C=O) groups excluding carboxylic acids is 1. The third-order valence-corrected chi connectivity index (χ3v) is 5.23. The summed E-state index contributed by atoms with van der Waals surface area (Å²) in [5.74, 6) is -0.198. The zero-order valence-corrected chi connectivity index (χ0v) is 18.2. The Bertz CT molecular complexity index is 985. The van der Waals surface area contributed by atoms with Gasteiger partial charge in [0.25, 0.3) is 0 Å². The number of methoxy groups -OCH3 is 2.